The normalized spacial score (nSPS) is 18.5. The van der Waals surface area contributed by atoms with Gasteiger partial charge in [-0.1, -0.05) is 0 Å². The maximum absolute atomic E-state index is 3.96. The molecule has 0 bridgehead atoms. The van der Waals surface area contributed by atoms with Crippen molar-refractivity contribution in [3.05, 3.63) is 167 Å². The van der Waals surface area contributed by atoms with Gasteiger partial charge in [-0.05, 0) is 0 Å². The fourth-order valence-corrected chi connectivity index (χ4v) is 37.2. The molecule has 6 aromatic carbocycles. The third-order valence-electron chi connectivity index (χ3n) is 11.7. The number of hydrogen-bond acceptors (Lipinski definition) is 0. The molecule has 2 heteroatoms. The Kier molecular flexibility index (Phi) is 6.49. The van der Waals surface area contributed by atoms with E-state index >= 15 is 0 Å². The van der Waals surface area contributed by atoms with Gasteiger partial charge in [0.1, 0.15) is 0 Å². The maximum atomic E-state index is 2.87. The van der Waals surface area contributed by atoms with Crippen LogP contribution in [0.2, 0.25) is 22.4 Å². The summed E-state index contributed by atoms with van der Waals surface area (Å²) in [5, 5.41) is 5.40. The van der Waals surface area contributed by atoms with Crippen LogP contribution < -0.4 is 0 Å². The molecular weight excluding hydrogens is 624 g/mol. The Hall–Kier alpha value is -3.58. The van der Waals surface area contributed by atoms with Crippen molar-refractivity contribution in [2.75, 3.05) is 0 Å². The fraction of sp³-hybridized carbons (Fsp3) is 0.143. The molecule has 0 aromatic heterocycles. The molecule has 0 radical (unpaired) electrons. The summed E-state index contributed by atoms with van der Waals surface area (Å²) in [7, 11) is 0. The third kappa shape index (κ3) is 3.97. The van der Waals surface area contributed by atoms with E-state index in [9.17, 15) is 0 Å². The first-order valence-electron chi connectivity index (χ1n) is 16.1. The van der Waals surface area contributed by atoms with Gasteiger partial charge in [0.15, 0.2) is 0 Å². The predicted molar refractivity (Wildman–Crippen MR) is 193 cm³/mol. The number of benzene rings is 6. The average molecular weight is 663 g/mol. The van der Waals surface area contributed by atoms with E-state index in [-0.39, 0.29) is 0 Å². The molecule has 2 aliphatic rings. The molecule has 0 N–H and O–H groups in total. The van der Waals surface area contributed by atoms with Crippen molar-refractivity contribution in [1.82, 2.24) is 0 Å². The zero-order chi connectivity index (χ0) is 30.1. The van der Waals surface area contributed by atoms with Crippen molar-refractivity contribution >= 4 is 50.8 Å². The molecule has 8 rings (SSSR count). The molecule has 0 aliphatic heterocycles. The van der Waals surface area contributed by atoms with Crippen LogP contribution in [0.1, 0.15) is 40.6 Å². The van der Waals surface area contributed by atoms with Gasteiger partial charge in [0.05, 0.1) is 0 Å². The van der Waals surface area contributed by atoms with Crippen LogP contribution in [0.25, 0.3) is 44.8 Å². The quantitative estimate of drug-likeness (QED) is 0.161. The van der Waals surface area contributed by atoms with Gasteiger partial charge in [-0.15, -0.1) is 0 Å². The Morgan fingerprint density at radius 2 is 0.841 bits per heavy atom. The van der Waals surface area contributed by atoms with Crippen LogP contribution in [-0.4, -0.2) is 5.92 Å². The molecular formula is C42H39SiZr. The number of allylic oxidation sites excluding steroid dienone is 2. The molecule has 0 amide bonds. The first-order chi connectivity index (χ1) is 21.4. The van der Waals surface area contributed by atoms with Gasteiger partial charge in [0, 0.05) is 0 Å². The summed E-state index contributed by atoms with van der Waals surface area (Å²) in [6.07, 6.45) is 5.14. The number of fused-ring (bicyclic) bond motifs is 4. The van der Waals surface area contributed by atoms with Crippen molar-refractivity contribution < 1.29 is 17.9 Å². The third-order valence-corrected chi connectivity index (χ3v) is 58.2. The minimum atomic E-state index is -3.96. The summed E-state index contributed by atoms with van der Waals surface area (Å²) in [5.41, 5.74) is 11.9. The van der Waals surface area contributed by atoms with Crippen molar-refractivity contribution in [2.45, 2.75) is 29.6 Å². The first kappa shape index (κ1) is 27.9. The van der Waals surface area contributed by atoms with E-state index in [0.29, 0.717) is 7.25 Å². The van der Waals surface area contributed by atoms with Gasteiger partial charge in [0.2, 0.25) is 0 Å². The number of rotatable bonds is 5. The Balaban J connectivity index is 1.44. The summed E-state index contributed by atoms with van der Waals surface area (Å²) in [6.45, 7) is 5.38. The minimum absolute atomic E-state index is 0.444. The molecule has 2 atom stereocenters. The molecule has 6 aromatic rings. The Morgan fingerprint density at radius 3 is 1.30 bits per heavy atom. The molecule has 2 aliphatic carbocycles. The second-order valence-electron chi connectivity index (χ2n) is 14.3. The van der Waals surface area contributed by atoms with E-state index < -0.39 is 23.9 Å². The second kappa shape index (κ2) is 10.2. The van der Waals surface area contributed by atoms with Crippen LogP contribution in [0, 0.1) is 0 Å². The zero-order valence-corrected chi connectivity index (χ0v) is 29.7. The molecule has 0 fully saturated rings. The first-order valence-corrected chi connectivity index (χ1v) is 31.0. The van der Waals surface area contributed by atoms with E-state index in [1.165, 1.54) is 43.8 Å². The molecule has 44 heavy (non-hydrogen) atoms. The zero-order valence-electron chi connectivity index (χ0n) is 26.1. The van der Waals surface area contributed by atoms with Gasteiger partial charge >= 0.3 is 265 Å². The molecule has 0 spiro atoms. The van der Waals surface area contributed by atoms with Crippen LogP contribution in [0.4, 0.5) is 0 Å². The van der Waals surface area contributed by atoms with E-state index in [4.69, 9.17) is 0 Å². The SMILES string of the molecule is C[SiH](C)[Zr]([CH3])([CH3])([CH]1C(c2cccc3ccccc23)=Cc2ccccc21)[CH]1C(c2cccc3ccccc23)=Cc2ccccc21. The Labute approximate surface area is 263 Å². The Morgan fingerprint density at radius 1 is 0.455 bits per heavy atom. The van der Waals surface area contributed by atoms with Crippen molar-refractivity contribution in [1.29, 1.82) is 0 Å². The van der Waals surface area contributed by atoms with Gasteiger partial charge in [0.25, 0.3) is 0 Å². The molecule has 215 valence electrons. The van der Waals surface area contributed by atoms with Gasteiger partial charge < -0.3 is 0 Å². The van der Waals surface area contributed by atoms with Crippen LogP contribution in [-0.2, 0) is 17.9 Å². The molecule has 0 saturated carbocycles. The van der Waals surface area contributed by atoms with Crippen molar-refractivity contribution in [3.63, 3.8) is 0 Å². The molecule has 0 heterocycles. The van der Waals surface area contributed by atoms with E-state index in [0.717, 1.165) is 0 Å². The van der Waals surface area contributed by atoms with Gasteiger partial charge in [-0.3, -0.25) is 0 Å². The van der Waals surface area contributed by atoms with Crippen molar-refractivity contribution in [2.24, 2.45) is 0 Å². The standard InChI is InChI=1S/2C19H13.C2H7Si.2CH3.Zr/c2*1-2-8-16-13-17(12-15(16)7-1)19-11-5-9-14-6-3-4-10-18(14)19;1-3-2;;;/h2*1-13H;3H,1-2H3;2*1H3;. The van der Waals surface area contributed by atoms with Gasteiger partial charge in [-0.25, -0.2) is 0 Å². The predicted octanol–water partition coefficient (Wildman–Crippen LogP) is 11.7. The number of hydrogen-bond donors (Lipinski definition) is 0. The summed E-state index contributed by atoms with van der Waals surface area (Å²) >= 11 is -3.96. The van der Waals surface area contributed by atoms with E-state index in [2.05, 4.69) is 168 Å². The Bertz CT molecular complexity index is 2010. The van der Waals surface area contributed by atoms with E-state index in [1.54, 1.807) is 22.3 Å². The fourth-order valence-electron chi connectivity index (χ4n) is 8.86. The summed E-state index contributed by atoms with van der Waals surface area (Å²) in [6, 6.07) is 50.5. The second-order valence-corrected chi connectivity index (χ2v) is 52.1. The van der Waals surface area contributed by atoms with Crippen LogP contribution in [0.15, 0.2) is 133 Å². The molecule has 0 nitrogen and oxygen atoms in total. The molecule has 0 saturated heterocycles. The topological polar surface area (TPSA) is 0 Å². The van der Waals surface area contributed by atoms with Crippen LogP contribution in [0.5, 0.6) is 0 Å². The summed E-state index contributed by atoms with van der Waals surface area (Å²) in [4.78, 5) is 0. The average Bonchev–Trinajstić information content (AvgIpc) is 3.65. The monoisotopic (exact) mass is 661 g/mol. The van der Waals surface area contributed by atoms with Crippen molar-refractivity contribution in [3.8, 4) is 0 Å². The summed E-state index contributed by atoms with van der Waals surface area (Å²) < 4.78 is 6.63. The van der Waals surface area contributed by atoms with Crippen LogP contribution >= 0.6 is 0 Å². The van der Waals surface area contributed by atoms with E-state index in [1.807, 2.05) is 0 Å². The molecule has 2 unspecified atom stereocenters. The summed E-state index contributed by atoms with van der Waals surface area (Å²) in [5.74, 6) is -1.26. The van der Waals surface area contributed by atoms with Gasteiger partial charge in [-0.2, -0.15) is 0 Å². The van der Waals surface area contributed by atoms with Crippen LogP contribution in [0.3, 0.4) is 0 Å².